The summed E-state index contributed by atoms with van der Waals surface area (Å²) in [6, 6.07) is 3.55. The fourth-order valence-electron chi connectivity index (χ4n) is 1.56. The second kappa shape index (κ2) is 4.45. The van der Waals surface area contributed by atoms with Crippen molar-refractivity contribution < 1.29 is 14.3 Å². The number of hydrogen-bond donors (Lipinski definition) is 0. The molecule has 0 spiro atoms. The van der Waals surface area contributed by atoms with E-state index in [0.717, 1.165) is 4.47 Å². The van der Waals surface area contributed by atoms with Gasteiger partial charge in [-0.1, -0.05) is 13.8 Å². The molecule has 1 aliphatic heterocycles. The van der Waals surface area contributed by atoms with Gasteiger partial charge < -0.3 is 9.47 Å². The first-order chi connectivity index (χ1) is 7.59. The van der Waals surface area contributed by atoms with E-state index in [1.54, 1.807) is 12.1 Å². The highest BCUT2D eigenvalue weighted by Crippen LogP contribution is 2.36. The molecule has 0 N–H and O–H groups in total. The van der Waals surface area contributed by atoms with Crippen molar-refractivity contribution in [2.75, 3.05) is 13.2 Å². The van der Waals surface area contributed by atoms with Crippen molar-refractivity contribution in [1.82, 2.24) is 0 Å². The number of Topliss-reactive ketones (excluding diaryl/α,β-unsaturated/α-hetero) is 1. The zero-order chi connectivity index (χ0) is 11.7. The zero-order valence-electron chi connectivity index (χ0n) is 9.25. The van der Waals surface area contributed by atoms with Crippen molar-refractivity contribution in [3.8, 4) is 11.5 Å². The van der Waals surface area contributed by atoms with Crippen molar-refractivity contribution in [3.63, 3.8) is 0 Å². The summed E-state index contributed by atoms with van der Waals surface area (Å²) in [5.74, 6) is 1.42. The third-order valence-electron chi connectivity index (χ3n) is 2.42. The molecule has 0 aliphatic carbocycles. The molecule has 86 valence electrons. The summed E-state index contributed by atoms with van der Waals surface area (Å²) in [6.07, 6.45) is 0. The van der Waals surface area contributed by atoms with Crippen LogP contribution in [0.3, 0.4) is 0 Å². The van der Waals surface area contributed by atoms with Crippen LogP contribution in [0.5, 0.6) is 11.5 Å². The van der Waals surface area contributed by atoms with Crippen molar-refractivity contribution in [3.05, 3.63) is 22.2 Å². The minimum Gasteiger partial charge on any atom is -0.486 e. The van der Waals surface area contributed by atoms with E-state index in [4.69, 9.17) is 9.47 Å². The van der Waals surface area contributed by atoms with Gasteiger partial charge in [0.1, 0.15) is 13.2 Å². The summed E-state index contributed by atoms with van der Waals surface area (Å²) >= 11 is 3.39. The highest BCUT2D eigenvalue weighted by molar-refractivity contribution is 9.10. The predicted octanol–water partition coefficient (Wildman–Crippen LogP) is 3.06. The highest BCUT2D eigenvalue weighted by atomic mass is 79.9. The van der Waals surface area contributed by atoms with Gasteiger partial charge in [0.25, 0.3) is 0 Å². The lowest BCUT2D eigenvalue weighted by atomic mass is 10.0. The summed E-state index contributed by atoms with van der Waals surface area (Å²) in [7, 11) is 0. The number of fused-ring (bicyclic) bond motifs is 1. The van der Waals surface area contributed by atoms with Gasteiger partial charge in [-0.15, -0.1) is 0 Å². The zero-order valence-corrected chi connectivity index (χ0v) is 10.8. The molecule has 2 rings (SSSR count). The van der Waals surface area contributed by atoms with Crippen LogP contribution in [0.4, 0.5) is 0 Å². The van der Waals surface area contributed by atoms with Crippen LogP contribution in [0.15, 0.2) is 16.6 Å². The van der Waals surface area contributed by atoms with Crippen LogP contribution in [0.1, 0.15) is 24.2 Å². The molecular formula is C12H13BrO3. The quantitative estimate of drug-likeness (QED) is 0.783. The molecule has 0 atom stereocenters. The maximum absolute atomic E-state index is 11.9. The van der Waals surface area contributed by atoms with E-state index in [1.807, 2.05) is 13.8 Å². The van der Waals surface area contributed by atoms with Crippen molar-refractivity contribution >= 4 is 21.7 Å². The number of hydrogen-bond acceptors (Lipinski definition) is 3. The van der Waals surface area contributed by atoms with Gasteiger partial charge in [0.05, 0.1) is 0 Å². The molecule has 0 saturated heterocycles. The van der Waals surface area contributed by atoms with Crippen LogP contribution in [0, 0.1) is 5.92 Å². The Kier molecular flexibility index (Phi) is 3.19. The Labute approximate surface area is 103 Å². The Hall–Kier alpha value is -1.03. The lowest BCUT2D eigenvalue weighted by Gasteiger charge is -2.20. The Morgan fingerprint density at radius 1 is 1.25 bits per heavy atom. The maximum Gasteiger partial charge on any atom is 0.166 e. The number of carbonyl (C=O) groups excluding carboxylic acids is 1. The Morgan fingerprint density at radius 2 is 1.81 bits per heavy atom. The predicted molar refractivity (Wildman–Crippen MR) is 64.3 cm³/mol. The van der Waals surface area contributed by atoms with E-state index >= 15 is 0 Å². The molecule has 0 unspecified atom stereocenters. The second-order valence-electron chi connectivity index (χ2n) is 3.99. The average molecular weight is 285 g/mol. The van der Waals surface area contributed by atoms with Gasteiger partial charge in [0.2, 0.25) is 0 Å². The topological polar surface area (TPSA) is 35.5 Å². The molecule has 0 amide bonds. The number of carbonyl (C=O) groups is 1. The summed E-state index contributed by atoms with van der Waals surface area (Å²) in [5, 5.41) is 0. The minimum absolute atomic E-state index is 0.0288. The summed E-state index contributed by atoms with van der Waals surface area (Å²) in [4.78, 5) is 11.9. The summed E-state index contributed by atoms with van der Waals surface area (Å²) in [6.45, 7) is 4.85. The van der Waals surface area contributed by atoms with Crippen molar-refractivity contribution in [2.24, 2.45) is 5.92 Å². The van der Waals surface area contributed by atoms with E-state index in [-0.39, 0.29) is 11.7 Å². The molecule has 0 fully saturated rings. The van der Waals surface area contributed by atoms with Crippen molar-refractivity contribution in [1.29, 1.82) is 0 Å². The SMILES string of the molecule is CC(C)C(=O)c1cc2c(cc1Br)OCCO2. The molecule has 1 aromatic rings. The van der Waals surface area contributed by atoms with E-state index in [9.17, 15) is 4.79 Å². The van der Waals surface area contributed by atoms with Gasteiger partial charge in [0, 0.05) is 16.0 Å². The van der Waals surface area contributed by atoms with Gasteiger partial charge in [-0.25, -0.2) is 0 Å². The normalized spacial score (nSPS) is 14.0. The van der Waals surface area contributed by atoms with Gasteiger partial charge in [-0.3, -0.25) is 4.79 Å². The van der Waals surface area contributed by atoms with E-state index in [0.29, 0.717) is 30.3 Å². The number of ether oxygens (including phenoxy) is 2. The smallest absolute Gasteiger partial charge is 0.166 e. The van der Waals surface area contributed by atoms with Gasteiger partial charge in [-0.05, 0) is 28.1 Å². The van der Waals surface area contributed by atoms with Crippen LogP contribution in [-0.2, 0) is 0 Å². The van der Waals surface area contributed by atoms with E-state index < -0.39 is 0 Å². The molecule has 1 aliphatic rings. The number of ketones is 1. The fourth-order valence-corrected chi connectivity index (χ4v) is 2.08. The second-order valence-corrected chi connectivity index (χ2v) is 4.85. The molecule has 3 nitrogen and oxygen atoms in total. The van der Waals surface area contributed by atoms with Gasteiger partial charge in [0.15, 0.2) is 17.3 Å². The van der Waals surface area contributed by atoms with Crippen LogP contribution >= 0.6 is 15.9 Å². The van der Waals surface area contributed by atoms with Gasteiger partial charge in [-0.2, -0.15) is 0 Å². The average Bonchev–Trinajstić information content (AvgIpc) is 2.27. The standard InChI is InChI=1S/C12H13BrO3/c1-7(2)12(14)8-5-10-11(6-9(8)13)16-4-3-15-10/h5-7H,3-4H2,1-2H3. The first-order valence-electron chi connectivity index (χ1n) is 5.23. The summed E-state index contributed by atoms with van der Waals surface area (Å²) in [5.41, 5.74) is 0.652. The number of rotatable bonds is 2. The third-order valence-corrected chi connectivity index (χ3v) is 3.08. The van der Waals surface area contributed by atoms with Crippen LogP contribution in [0.25, 0.3) is 0 Å². The number of halogens is 1. The molecule has 1 aromatic carbocycles. The molecule has 1 heterocycles. The first-order valence-corrected chi connectivity index (χ1v) is 6.02. The Morgan fingerprint density at radius 3 is 2.38 bits per heavy atom. The van der Waals surface area contributed by atoms with Crippen LogP contribution < -0.4 is 9.47 Å². The third kappa shape index (κ3) is 2.07. The van der Waals surface area contributed by atoms with Gasteiger partial charge >= 0.3 is 0 Å². The first kappa shape index (κ1) is 11.5. The molecular weight excluding hydrogens is 272 g/mol. The van der Waals surface area contributed by atoms with Crippen molar-refractivity contribution in [2.45, 2.75) is 13.8 Å². The lowest BCUT2D eigenvalue weighted by Crippen LogP contribution is -2.17. The largest absolute Gasteiger partial charge is 0.486 e. The molecule has 0 aromatic heterocycles. The fraction of sp³-hybridized carbons (Fsp3) is 0.417. The van der Waals surface area contributed by atoms with E-state index in [2.05, 4.69) is 15.9 Å². The maximum atomic E-state index is 11.9. The van der Waals surface area contributed by atoms with Crippen LogP contribution in [0.2, 0.25) is 0 Å². The Bertz CT molecular complexity index is 427. The molecule has 16 heavy (non-hydrogen) atoms. The highest BCUT2D eigenvalue weighted by Gasteiger charge is 2.20. The monoisotopic (exact) mass is 284 g/mol. The molecule has 0 radical (unpaired) electrons. The Balaban J connectivity index is 2.43. The molecule has 0 bridgehead atoms. The summed E-state index contributed by atoms with van der Waals surface area (Å²) < 4.78 is 11.6. The van der Waals surface area contributed by atoms with E-state index in [1.165, 1.54) is 0 Å². The minimum atomic E-state index is -0.0288. The molecule has 0 saturated carbocycles. The number of benzene rings is 1. The lowest BCUT2D eigenvalue weighted by molar-refractivity contribution is 0.0937. The van der Waals surface area contributed by atoms with Crippen LogP contribution in [-0.4, -0.2) is 19.0 Å². The molecule has 4 heteroatoms.